The summed E-state index contributed by atoms with van der Waals surface area (Å²) < 4.78 is 5.58. The smallest absolute Gasteiger partial charge is 0.253 e. The molecule has 2 aliphatic heterocycles. The lowest BCUT2D eigenvalue weighted by Crippen LogP contribution is -2.27. The van der Waals surface area contributed by atoms with E-state index in [9.17, 15) is 4.79 Å². The Morgan fingerprint density at radius 1 is 1.42 bits per heavy atom. The van der Waals surface area contributed by atoms with Crippen LogP contribution < -0.4 is 10.6 Å². The first-order chi connectivity index (χ1) is 9.22. The molecule has 0 saturated carbocycles. The maximum atomic E-state index is 12.1. The standard InChI is InChI=1S/C15H20N2O2/c1-10-4-7-14(19-10)15(18)17-12-5-6-13-11(9-12)3-2-8-16-13/h5-6,9-10,14,16H,2-4,7-8H2,1H3,(H,17,18). The number of nitrogens with one attached hydrogen (secondary N) is 2. The number of aryl methyl sites for hydroxylation is 1. The highest BCUT2D eigenvalue weighted by Crippen LogP contribution is 2.26. The number of amides is 1. The second kappa shape index (κ2) is 5.21. The summed E-state index contributed by atoms with van der Waals surface area (Å²) in [6.45, 7) is 3.05. The zero-order chi connectivity index (χ0) is 13.2. The van der Waals surface area contributed by atoms with Crippen LogP contribution in [0.1, 0.15) is 31.7 Å². The summed E-state index contributed by atoms with van der Waals surface area (Å²) in [7, 11) is 0. The fourth-order valence-electron chi connectivity index (χ4n) is 2.77. The Kier molecular flexibility index (Phi) is 3.42. The van der Waals surface area contributed by atoms with E-state index in [1.165, 1.54) is 11.3 Å². The van der Waals surface area contributed by atoms with Crippen molar-refractivity contribution in [2.24, 2.45) is 0 Å². The molecule has 0 aliphatic carbocycles. The Balaban J connectivity index is 1.68. The molecule has 0 bridgehead atoms. The molecule has 3 rings (SSSR count). The van der Waals surface area contributed by atoms with Gasteiger partial charge in [-0.2, -0.15) is 0 Å². The monoisotopic (exact) mass is 260 g/mol. The first-order valence-electron chi connectivity index (χ1n) is 7.05. The van der Waals surface area contributed by atoms with Gasteiger partial charge in [0.15, 0.2) is 0 Å². The molecular weight excluding hydrogens is 240 g/mol. The first kappa shape index (κ1) is 12.5. The van der Waals surface area contributed by atoms with Crippen LogP contribution >= 0.6 is 0 Å². The molecule has 4 nitrogen and oxygen atoms in total. The summed E-state index contributed by atoms with van der Waals surface area (Å²) >= 11 is 0. The van der Waals surface area contributed by atoms with Crippen molar-refractivity contribution in [3.05, 3.63) is 23.8 Å². The zero-order valence-corrected chi connectivity index (χ0v) is 11.2. The molecule has 2 unspecified atom stereocenters. The van der Waals surface area contributed by atoms with E-state index < -0.39 is 0 Å². The van der Waals surface area contributed by atoms with Crippen molar-refractivity contribution in [2.45, 2.75) is 44.8 Å². The molecule has 2 N–H and O–H groups in total. The van der Waals surface area contributed by atoms with Crippen molar-refractivity contribution in [1.82, 2.24) is 0 Å². The molecule has 1 amide bonds. The SMILES string of the molecule is CC1CCC(C(=O)Nc2ccc3c(c2)CCCN3)O1. The Labute approximate surface area is 113 Å². The van der Waals surface area contributed by atoms with Crippen molar-refractivity contribution in [3.63, 3.8) is 0 Å². The highest BCUT2D eigenvalue weighted by molar-refractivity contribution is 5.94. The van der Waals surface area contributed by atoms with Crippen LogP contribution in [-0.4, -0.2) is 24.7 Å². The minimum absolute atomic E-state index is 0.0203. The Morgan fingerprint density at radius 2 is 2.32 bits per heavy atom. The van der Waals surface area contributed by atoms with E-state index in [1.54, 1.807) is 0 Å². The molecule has 1 aromatic rings. The van der Waals surface area contributed by atoms with Gasteiger partial charge in [-0.3, -0.25) is 4.79 Å². The van der Waals surface area contributed by atoms with E-state index in [2.05, 4.69) is 16.7 Å². The number of fused-ring (bicyclic) bond motifs is 1. The summed E-state index contributed by atoms with van der Waals surface area (Å²) in [5.41, 5.74) is 3.34. The maximum absolute atomic E-state index is 12.1. The van der Waals surface area contributed by atoms with Crippen LogP contribution in [0.25, 0.3) is 0 Å². The van der Waals surface area contributed by atoms with E-state index in [0.29, 0.717) is 0 Å². The molecule has 1 aromatic carbocycles. The minimum Gasteiger partial charge on any atom is -0.385 e. The second-order valence-electron chi connectivity index (χ2n) is 5.40. The second-order valence-corrected chi connectivity index (χ2v) is 5.40. The summed E-state index contributed by atoms with van der Waals surface area (Å²) in [5.74, 6) is -0.0203. The van der Waals surface area contributed by atoms with E-state index in [0.717, 1.165) is 37.9 Å². The van der Waals surface area contributed by atoms with Crippen LogP contribution in [0.5, 0.6) is 0 Å². The lowest BCUT2D eigenvalue weighted by molar-refractivity contribution is -0.126. The number of anilines is 2. The van der Waals surface area contributed by atoms with Crippen LogP contribution in [0, 0.1) is 0 Å². The number of hydrogen-bond donors (Lipinski definition) is 2. The fraction of sp³-hybridized carbons (Fsp3) is 0.533. The predicted molar refractivity (Wildman–Crippen MR) is 75.5 cm³/mol. The molecule has 0 radical (unpaired) electrons. The summed E-state index contributed by atoms with van der Waals surface area (Å²) in [4.78, 5) is 12.1. The van der Waals surface area contributed by atoms with Crippen molar-refractivity contribution in [2.75, 3.05) is 17.2 Å². The molecule has 2 heterocycles. The van der Waals surface area contributed by atoms with E-state index in [-0.39, 0.29) is 18.1 Å². The summed E-state index contributed by atoms with van der Waals surface area (Å²) in [5, 5.41) is 6.33. The number of rotatable bonds is 2. The van der Waals surface area contributed by atoms with Crippen LogP contribution in [0.2, 0.25) is 0 Å². The summed E-state index contributed by atoms with van der Waals surface area (Å²) in [6, 6.07) is 6.06. The van der Waals surface area contributed by atoms with Gasteiger partial charge < -0.3 is 15.4 Å². The van der Waals surface area contributed by atoms with E-state index >= 15 is 0 Å². The van der Waals surface area contributed by atoms with E-state index in [1.807, 2.05) is 19.1 Å². The predicted octanol–water partition coefficient (Wildman–Crippen LogP) is 2.55. The number of carbonyl (C=O) groups excluding carboxylic acids is 1. The number of hydrogen-bond acceptors (Lipinski definition) is 3. The Morgan fingerprint density at radius 3 is 3.11 bits per heavy atom. The first-order valence-corrected chi connectivity index (χ1v) is 7.05. The van der Waals surface area contributed by atoms with Gasteiger partial charge in [-0.05, 0) is 56.4 Å². The molecule has 0 aromatic heterocycles. The van der Waals surface area contributed by atoms with Gasteiger partial charge in [0.05, 0.1) is 6.10 Å². The Hall–Kier alpha value is -1.55. The van der Waals surface area contributed by atoms with Crippen molar-refractivity contribution in [3.8, 4) is 0 Å². The van der Waals surface area contributed by atoms with Crippen LogP contribution in [0.15, 0.2) is 18.2 Å². The molecule has 1 saturated heterocycles. The third-order valence-corrected chi connectivity index (χ3v) is 3.84. The molecule has 102 valence electrons. The molecule has 0 spiro atoms. The minimum atomic E-state index is -0.288. The molecule has 19 heavy (non-hydrogen) atoms. The van der Waals surface area contributed by atoms with Gasteiger partial charge in [-0.15, -0.1) is 0 Å². The third-order valence-electron chi connectivity index (χ3n) is 3.84. The lowest BCUT2D eigenvalue weighted by Gasteiger charge is -2.19. The van der Waals surface area contributed by atoms with Crippen LogP contribution in [-0.2, 0) is 16.0 Å². The molecule has 4 heteroatoms. The summed E-state index contributed by atoms with van der Waals surface area (Å²) in [6.07, 6.45) is 3.91. The topological polar surface area (TPSA) is 50.4 Å². The zero-order valence-electron chi connectivity index (χ0n) is 11.2. The highest BCUT2D eigenvalue weighted by atomic mass is 16.5. The van der Waals surface area contributed by atoms with Gasteiger partial charge >= 0.3 is 0 Å². The largest absolute Gasteiger partial charge is 0.385 e. The molecule has 2 aliphatic rings. The van der Waals surface area contributed by atoms with Gasteiger partial charge in [0.25, 0.3) is 5.91 Å². The molecule has 1 fully saturated rings. The van der Waals surface area contributed by atoms with Crippen molar-refractivity contribution < 1.29 is 9.53 Å². The van der Waals surface area contributed by atoms with E-state index in [4.69, 9.17) is 4.74 Å². The lowest BCUT2D eigenvalue weighted by atomic mass is 10.0. The Bertz CT molecular complexity index is 487. The number of carbonyl (C=O) groups is 1. The quantitative estimate of drug-likeness (QED) is 0.859. The number of ether oxygens (including phenoxy) is 1. The number of benzene rings is 1. The molecular formula is C15H20N2O2. The normalized spacial score (nSPS) is 25.5. The highest BCUT2D eigenvalue weighted by Gasteiger charge is 2.28. The average Bonchev–Trinajstić information content (AvgIpc) is 2.85. The van der Waals surface area contributed by atoms with Crippen LogP contribution in [0.4, 0.5) is 11.4 Å². The maximum Gasteiger partial charge on any atom is 0.253 e. The average molecular weight is 260 g/mol. The third kappa shape index (κ3) is 2.73. The van der Waals surface area contributed by atoms with Gasteiger partial charge in [-0.1, -0.05) is 0 Å². The van der Waals surface area contributed by atoms with Gasteiger partial charge in [0.1, 0.15) is 6.10 Å². The van der Waals surface area contributed by atoms with Gasteiger partial charge in [0.2, 0.25) is 0 Å². The molecule has 2 atom stereocenters. The van der Waals surface area contributed by atoms with Crippen molar-refractivity contribution >= 4 is 17.3 Å². The van der Waals surface area contributed by atoms with Gasteiger partial charge in [0, 0.05) is 17.9 Å². The van der Waals surface area contributed by atoms with Crippen molar-refractivity contribution in [1.29, 1.82) is 0 Å². The van der Waals surface area contributed by atoms with Crippen LogP contribution in [0.3, 0.4) is 0 Å². The fourth-order valence-corrected chi connectivity index (χ4v) is 2.77. The van der Waals surface area contributed by atoms with Gasteiger partial charge in [-0.25, -0.2) is 0 Å².